The van der Waals surface area contributed by atoms with Crippen LogP contribution in [0, 0.1) is 12.8 Å². The molecule has 0 spiro atoms. The summed E-state index contributed by atoms with van der Waals surface area (Å²) < 4.78 is 43.5. The van der Waals surface area contributed by atoms with Crippen LogP contribution >= 0.6 is 0 Å². The number of aryl methyl sites for hydroxylation is 1. The van der Waals surface area contributed by atoms with Crippen molar-refractivity contribution in [1.29, 1.82) is 0 Å². The molecule has 2 fully saturated rings. The first-order valence-electron chi connectivity index (χ1n) is 8.26. The fourth-order valence-corrected chi connectivity index (χ4v) is 4.67. The van der Waals surface area contributed by atoms with Crippen LogP contribution < -0.4 is 9.47 Å². The number of sulfonamides is 1. The van der Waals surface area contributed by atoms with E-state index in [-0.39, 0.29) is 36.3 Å². The lowest BCUT2D eigenvalue weighted by molar-refractivity contribution is -0.135. The topological polar surface area (TPSA) is 82.1 Å². The zero-order valence-electron chi connectivity index (χ0n) is 14.6. The van der Waals surface area contributed by atoms with Gasteiger partial charge in [-0.15, -0.1) is 0 Å². The minimum atomic E-state index is -3.76. The molecule has 2 aliphatic rings. The minimum Gasteiger partial charge on any atom is -0.493 e. The molecule has 138 valence electrons. The SMILES string of the molecule is COc1cc(C)c(S(=O)(=O)N2CCO[C@@H](C(=O)C3CC3)C2)cc1OC. The van der Waals surface area contributed by atoms with E-state index in [2.05, 4.69) is 0 Å². The zero-order chi connectivity index (χ0) is 18.2. The maximum Gasteiger partial charge on any atom is 0.243 e. The predicted molar refractivity (Wildman–Crippen MR) is 90.5 cm³/mol. The summed E-state index contributed by atoms with van der Waals surface area (Å²) in [6.45, 7) is 2.22. The van der Waals surface area contributed by atoms with E-state index in [4.69, 9.17) is 14.2 Å². The second kappa shape index (κ2) is 6.93. The number of benzene rings is 1. The molecule has 8 heteroatoms. The van der Waals surface area contributed by atoms with Crippen LogP contribution in [0.2, 0.25) is 0 Å². The molecule has 0 amide bonds. The molecule has 0 radical (unpaired) electrons. The van der Waals surface area contributed by atoms with Crippen molar-refractivity contribution in [3.05, 3.63) is 17.7 Å². The summed E-state index contributed by atoms with van der Waals surface area (Å²) in [5.74, 6) is 0.882. The fourth-order valence-electron chi connectivity index (χ4n) is 3.03. The zero-order valence-corrected chi connectivity index (χ0v) is 15.5. The number of hydrogen-bond donors (Lipinski definition) is 0. The molecule has 0 aromatic heterocycles. The van der Waals surface area contributed by atoms with Crippen molar-refractivity contribution < 1.29 is 27.4 Å². The lowest BCUT2D eigenvalue weighted by atomic mass is 10.1. The first-order valence-corrected chi connectivity index (χ1v) is 9.70. The van der Waals surface area contributed by atoms with Crippen LogP contribution in [0.15, 0.2) is 17.0 Å². The van der Waals surface area contributed by atoms with E-state index in [0.29, 0.717) is 17.1 Å². The quantitative estimate of drug-likeness (QED) is 0.753. The van der Waals surface area contributed by atoms with Gasteiger partial charge in [-0.05, 0) is 31.4 Å². The molecule has 1 aliphatic carbocycles. The van der Waals surface area contributed by atoms with Gasteiger partial charge < -0.3 is 14.2 Å². The van der Waals surface area contributed by atoms with Crippen LogP contribution in [0.1, 0.15) is 18.4 Å². The van der Waals surface area contributed by atoms with Crippen LogP contribution in [0.3, 0.4) is 0 Å². The Kier molecular flexibility index (Phi) is 5.04. The van der Waals surface area contributed by atoms with Gasteiger partial charge in [0.15, 0.2) is 17.3 Å². The number of Topliss-reactive ketones (excluding diaryl/α,β-unsaturated/α-hetero) is 1. The van der Waals surface area contributed by atoms with Crippen LogP contribution in [0.25, 0.3) is 0 Å². The molecule has 1 aromatic carbocycles. The molecule has 0 bridgehead atoms. The largest absolute Gasteiger partial charge is 0.493 e. The first kappa shape index (κ1) is 18.2. The highest BCUT2D eigenvalue weighted by atomic mass is 32.2. The summed E-state index contributed by atoms with van der Waals surface area (Å²) >= 11 is 0. The number of methoxy groups -OCH3 is 2. The second-order valence-corrected chi connectivity index (χ2v) is 8.28. The van der Waals surface area contributed by atoms with Gasteiger partial charge in [-0.1, -0.05) is 0 Å². The standard InChI is InChI=1S/C17H23NO6S/c1-11-8-13(22-2)14(23-3)9-16(11)25(20,21)18-6-7-24-15(10-18)17(19)12-4-5-12/h8-9,12,15H,4-7,10H2,1-3H3/t15-/m1/s1. The average molecular weight is 369 g/mol. The van der Waals surface area contributed by atoms with Gasteiger partial charge in [-0.3, -0.25) is 4.79 Å². The normalized spacial score (nSPS) is 21.8. The Hall–Kier alpha value is -1.64. The first-order chi connectivity index (χ1) is 11.9. The third kappa shape index (κ3) is 3.51. The highest BCUT2D eigenvalue weighted by Gasteiger charge is 2.40. The van der Waals surface area contributed by atoms with Crippen molar-refractivity contribution in [2.45, 2.75) is 30.8 Å². The van der Waals surface area contributed by atoms with Crippen LogP contribution in [-0.4, -0.2) is 58.5 Å². The van der Waals surface area contributed by atoms with E-state index in [1.54, 1.807) is 13.0 Å². The average Bonchev–Trinajstić information content (AvgIpc) is 3.45. The fraction of sp³-hybridized carbons (Fsp3) is 0.588. The second-order valence-electron chi connectivity index (χ2n) is 6.37. The molecular weight excluding hydrogens is 346 g/mol. The van der Waals surface area contributed by atoms with Gasteiger partial charge in [0.1, 0.15) is 6.10 Å². The van der Waals surface area contributed by atoms with Crippen molar-refractivity contribution in [3.8, 4) is 11.5 Å². The van der Waals surface area contributed by atoms with Crippen molar-refractivity contribution in [1.82, 2.24) is 4.31 Å². The molecule has 1 atom stereocenters. The molecule has 25 heavy (non-hydrogen) atoms. The highest BCUT2D eigenvalue weighted by molar-refractivity contribution is 7.89. The summed E-state index contributed by atoms with van der Waals surface area (Å²) in [5, 5.41) is 0. The minimum absolute atomic E-state index is 0.0175. The number of morpholine rings is 1. The van der Waals surface area contributed by atoms with Gasteiger partial charge in [0.2, 0.25) is 10.0 Å². The van der Waals surface area contributed by atoms with Gasteiger partial charge in [0.25, 0.3) is 0 Å². The van der Waals surface area contributed by atoms with Crippen molar-refractivity contribution in [3.63, 3.8) is 0 Å². The van der Waals surface area contributed by atoms with Crippen molar-refractivity contribution >= 4 is 15.8 Å². The maximum absolute atomic E-state index is 13.1. The highest BCUT2D eigenvalue weighted by Crippen LogP contribution is 2.35. The van der Waals surface area contributed by atoms with Gasteiger partial charge in [-0.25, -0.2) is 8.42 Å². The molecule has 1 saturated heterocycles. The number of ether oxygens (including phenoxy) is 3. The van der Waals surface area contributed by atoms with Gasteiger partial charge >= 0.3 is 0 Å². The number of carbonyl (C=O) groups excluding carboxylic acids is 1. The van der Waals surface area contributed by atoms with Crippen LogP contribution in [0.5, 0.6) is 11.5 Å². The molecular formula is C17H23NO6S. The number of hydrogen-bond acceptors (Lipinski definition) is 6. The van der Waals surface area contributed by atoms with Crippen molar-refractivity contribution in [2.24, 2.45) is 5.92 Å². The van der Waals surface area contributed by atoms with E-state index < -0.39 is 16.1 Å². The molecule has 0 unspecified atom stereocenters. The summed E-state index contributed by atoms with van der Waals surface area (Å²) in [7, 11) is -0.794. The number of ketones is 1. The summed E-state index contributed by atoms with van der Waals surface area (Å²) in [4.78, 5) is 12.4. The van der Waals surface area contributed by atoms with Crippen LogP contribution in [-0.2, 0) is 19.6 Å². The third-order valence-corrected chi connectivity index (χ3v) is 6.63. The lowest BCUT2D eigenvalue weighted by Crippen LogP contribution is -2.49. The molecule has 1 heterocycles. The summed E-state index contributed by atoms with van der Waals surface area (Å²) in [6, 6.07) is 3.11. The van der Waals surface area contributed by atoms with E-state index in [1.165, 1.54) is 24.6 Å². The monoisotopic (exact) mass is 369 g/mol. The summed E-state index contributed by atoms with van der Waals surface area (Å²) in [6.07, 6.45) is 1.08. The number of carbonyl (C=O) groups is 1. The molecule has 1 aliphatic heterocycles. The number of rotatable bonds is 6. The maximum atomic E-state index is 13.1. The molecule has 1 aromatic rings. The van der Waals surface area contributed by atoms with E-state index >= 15 is 0 Å². The van der Waals surface area contributed by atoms with E-state index in [1.807, 2.05) is 0 Å². The van der Waals surface area contributed by atoms with Crippen LogP contribution in [0.4, 0.5) is 0 Å². The third-order valence-electron chi connectivity index (χ3n) is 4.63. The summed E-state index contributed by atoms with van der Waals surface area (Å²) in [5.41, 5.74) is 0.564. The smallest absolute Gasteiger partial charge is 0.243 e. The Morgan fingerprint density at radius 1 is 1.20 bits per heavy atom. The molecule has 0 N–H and O–H groups in total. The van der Waals surface area contributed by atoms with Gasteiger partial charge in [-0.2, -0.15) is 4.31 Å². The lowest BCUT2D eigenvalue weighted by Gasteiger charge is -2.32. The Morgan fingerprint density at radius 3 is 2.44 bits per heavy atom. The van der Waals surface area contributed by atoms with Crippen molar-refractivity contribution in [2.75, 3.05) is 33.9 Å². The molecule has 1 saturated carbocycles. The Bertz CT molecular complexity index is 772. The Balaban J connectivity index is 1.89. The molecule has 3 rings (SSSR count). The van der Waals surface area contributed by atoms with Gasteiger partial charge in [0.05, 0.1) is 25.7 Å². The Labute approximate surface area is 147 Å². The van der Waals surface area contributed by atoms with Gasteiger partial charge in [0, 0.05) is 25.1 Å². The number of nitrogens with zero attached hydrogens (tertiary/aromatic N) is 1. The van der Waals surface area contributed by atoms with E-state index in [9.17, 15) is 13.2 Å². The van der Waals surface area contributed by atoms with E-state index in [0.717, 1.165) is 12.8 Å². The Morgan fingerprint density at radius 2 is 1.84 bits per heavy atom. The predicted octanol–water partition coefficient (Wildman–Crippen LogP) is 1.38. The molecule has 7 nitrogen and oxygen atoms in total.